The SMILES string of the molecule is O=C(NC1CCCCCCC1)c1cc(-c2ccccc2)c[nH]1. The fraction of sp³-hybridized carbons (Fsp3) is 0.421. The number of rotatable bonds is 3. The van der Waals surface area contributed by atoms with Crippen LogP contribution in [0.1, 0.15) is 55.4 Å². The van der Waals surface area contributed by atoms with Gasteiger partial charge in [0.25, 0.3) is 5.91 Å². The predicted molar refractivity (Wildman–Crippen MR) is 89.8 cm³/mol. The maximum Gasteiger partial charge on any atom is 0.267 e. The van der Waals surface area contributed by atoms with Gasteiger partial charge in [-0.15, -0.1) is 0 Å². The van der Waals surface area contributed by atoms with Crippen LogP contribution in [0, 0.1) is 0 Å². The highest BCUT2D eigenvalue weighted by atomic mass is 16.1. The Labute approximate surface area is 132 Å². The first-order chi connectivity index (χ1) is 10.8. The van der Waals surface area contributed by atoms with E-state index in [-0.39, 0.29) is 5.91 Å². The van der Waals surface area contributed by atoms with Gasteiger partial charge in [-0.1, -0.05) is 62.4 Å². The number of aromatic amines is 1. The van der Waals surface area contributed by atoms with Gasteiger partial charge in [0.2, 0.25) is 0 Å². The molecule has 1 amide bonds. The highest BCUT2D eigenvalue weighted by Gasteiger charge is 2.16. The van der Waals surface area contributed by atoms with Crippen molar-refractivity contribution in [1.29, 1.82) is 0 Å². The molecule has 1 aromatic heterocycles. The van der Waals surface area contributed by atoms with Gasteiger partial charge in [0.1, 0.15) is 5.69 Å². The molecule has 3 heteroatoms. The molecule has 0 spiro atoms. The van der Waals surface area contributed by atoms with Crippen molar-refractivity contribution in [3.63, 3.8) is 0 Å². The zero-order valence-electron chi connectivity index (χ0n) is 13.0. The Bertz CT molecular complexity index is 595. The first-order valence-electron chi connectivity index (χ1n) is 8.37. The Morgan fingerprint density at radius 1 is 0.955 bits per heavy atom. The fourth-order valence-electron chi connectivity index (χ4n) is 3.19. The molecule has 0 unspecified atom stereocenters. The quantitative estimate of drug-likeness (QED) is 0.859. The summed E-state index contributed by atoms with van der Waals surface area (Å²) in [7, 11) is 0. The molecule has 3 nitrogen and oxygen atoms in total. The molecule has 2 aromatic rings. The van der Waals surface area contributed by atoms with Gasteiger partial charge >= 0.3 is 0 Å². The summed E-state index contributed by atoms with van der Waals surface area (Å²) in [6, 6.07) is 12.4. The third-order valence-electron chi connectivity index (χ3n) is 4.48. The van der Waals surface area contributed by atoms with Gasteiger partial charge in [-0.25, -0.2) is 0 Å². The van der Waals surface area contributed by atoms with E-state index in [4.69, 9.17) is 0 Å². The average Bonchev–Trinajstić information content (AvgIpc) is 3.01. The monoisotopic (exact) mass is 296 g/mol. The van der Waals surface area contributed by atoms with Crippen LogP contribution in [-0.2, 0) is 0 Å². The lowest BCUT2D eigenvalue weighted by Gasteiger charge is -2.20. The highest BCUT2D eigenvalue weighted by Crippen LogP contribution is 2.21. The second-order valence-corrected chi connectivity index (χ2v) is 6.18. The lowest BCUT2D eigenvalue weighted by Crippen LogP contribution is -2.35. The Morgan fingerprint density at radius 2 is 1.64 bits per heavy atom. The van der Waals surface area contributed by atoms with Crippen LogP contribution in [0.5, 0.6) is 0 Å². The number of carbonyl (C=O) groups excluding carboxylic acids is 1. The molecule has 3 rings (SSSR count). The van der Waals surface area contributed by atoms with Crippen molar-refractivity contribution in [3.05, 3.63) is 48.3 Å². The van der Waals surface area contributed by atoms with Crippen molar-refractivity contribution >= 4 is 5.91 Å². The van der Waals surface area contributed by atoms with E-state index < -0.39 is 0 Å². The van der Waals surface area contributed by atoms with Gasteiger partial charge in [-0.05, 0) is 30.0 Å². The molecule has 0 aliphatic heterocycles. The third kappa shape index (κ3) is 3.79. The molecule has 1 fully saturated rings. The Kier molecular flexibility index (Phi) is 4.94. The van der Waals surface area contributed by atoms with Crippen LogP contribution < -0.4 is 5.32 Å². The molecule has 0 atom stereocenters. The zero-order chi connectivity index (χ0) is 15.2. The summed E-state index contributed by atoms with van der Waals surface area (Å²) >= 11 is 0. The molecule has 1 aliphatic carbocycles. The summed E-state index contributed by atoms with van der Waals surface area (Å²) in [5, 5.41) is 3.20. The molecular weight excluding hydrogens is 272 g/mol. The summed E-state index contributed by atoms with van der Waals surface area (Å²) in [5.41, 5.74) is 2.84. The number of aromatic nitrogens is 1. The van der Waals surface area contributed by atoms with E-state index in [1.807, 2.05) is 30.5 Å². The predicted octanol–water partition coefficient (Wildman–Crippen LogP) is 4.52. The summed E-state index contributed by atoms with van der Waals surface area (Å²) in [6.07, 6.45) is 10.5. The van der Waals surface area contributed by atoms with E-state index in [1.165, 1.54) is 32.1 Å². The van der Waals surface area contributed by atoms with Gasteiger partial charge in [0.15, 0.2) is 0 Å². The standard InChI is InChI=1S/C19H24N2O/c22-19(21-17-11-7-2-1-3-8-12-17)18-13-16(14-20-18)15-9-5-4-6-10-15/h4-6,9-10,13-14,17,20H,1-3,7-8,11-12H2,(H,21,22). The number of benzene rings is 1. The van der Waals surface area contributed by atoms with Crippen LogP contribution in [0.3, 0.4) is 0 Å². The number of carbonyl (C=O) groups is 1. The minimum Gasteiger partial charge on any atom is -0.357 e. The molecule has 0 bridgehead atoms. The van der Waals surface area contributed by atoms with Crippen LogP contribution >= 0.6 is 0 Å². The largest absolute Gasteiger partial charge is 0.357 e. The van der Waals surface area contributed by atoms with E-state index in [1.54, 1.807) is 0 Å². The smallest absolute Gasteiger partial charge is 0.267 e. The molecule has 1 aliphatic rings. The second kappa shape index (κ2) is 7.30. The number of H-pyrrole nitrogens is 1. The van der Waals surface area contributed by atoms with Crippen molar-refractivity contribution in [2.45, 2.75) is 51.0 Å². The van der Waals surface area contributed by atoms with Gasteiger partial charge in [0.05, 0.1) is 0 Å². The van der Waals surface area contributed by atoms with E-state index in [0.717, 1.165) is 24.0 Å². The van der Waals surface area contributed by atoms with Crippen molar-refractivity contribution in [2.24, 2.45) is 0 Å². The topological polar surface area (TPSA) is 44.9 Å². The normalized spacial score (nSPS) is 16.7. The minimum atomic E-state index is 0.0211. The van der Waals surface area contributed by atoms with Gasteiger partial charge in [0, 0.05) is 12.2 Å². The van der Waals surface area contributed by atoms with E-state index in [0.29, 0.717) is 11.7 Å². The molecule has 0 saturated heterocycles. The van der Waals surface area contributed by atoms with Crippen molar-refractivity contribution in [2.75, 3.05) is 0 Å². The zero-order valence-corrected chi connectivity index (χ0v) is 13.0. The maximum absolute atomic E-state index is 12.4. The summed E-state index contributed by atoms with van der Waals surface area (Å²) < 4.78 is 0. The molecule has 1 aromatic carbocycles. The summed E-state index contributed by atoms with van der Waals surface area (Å²) in [6.45, 7) is 0. The Hall–Kier alpha value is -2.03. The average molecular weight is 296 g/mol. The number of amides is 1. The van der Waals surface area contributed by atoms with E-state index in [2.05, 4.69) is 22.4 Å². The number of nitrogens with one attached hydrogen (secondary N) is 2. The third-order valence-corrected chi connectivity index (χ3v) is 4.48. The van der Waals surface area contributed by atoms with Crippen molar-refractivity contribution in [1.82, 2.24) is 10.3 Å². The molecule has 2 N–H and O–H groups in total. The van der Waals surface area contributed by atoms with Crippen LogP contribution in [0.4, 0.5) is 0 Å². The van der Waals surface area contributed by atoms with Crippen LogP contribution in [0.15, 0.2) is 42.6 Å². The molecule has 0 radical (unpaired) electrons. The maximum atomic E-state index is 12.4. The van der Waals surface area contributed by atoms with Crippen molar-refractivity contribution < 1.29 is 4.79 Å². The lowest BCUT2D eigenvalue weighted by molar-refractivity contribution is 0.0926. The first-order valence-corrected chi connectivity index (χ1v) is 8.37. The van der Waals surface area contributed by atoms with Crippen LogP contribution in [0.2, 0.25) is 0 Å². The fourth-order valence-corrected chi connectivity index (χ4v) is 3.19. The van der Waals surface area contributed by atoms with Gasteiger partial charge < -0.3 is 10.3 Å². The number of hydrogen-bond donors (Lipinski definition) is 2. The molecule has 1 saturated carbocycles. The van der Waals surface area contributed by atoms with Crippen molar-refractivity contribution in [3.8, 4) is 11.1 Å². The van der Waals surface area contributed by atoms with Crippen LogP contribution in [-0.4, -0.2) is 16.9 Å². The summed E-state index contributed by atoms with van der Waals surface area (Å²) in [5.74, 6) is 0.0211. The number of hydrogen-bond acceptors (Lipinski definition) is 1. The first kappa shape index (κ1) is 14.9. The van der Waals surface area contributed by atoms with E-state index in [9.17, 15) is 4.79 Å². The second-order valence-electron chi connectivity index (χ2n) is 6.18. The lowest BCUT2D eigenvalue weighted by atomic mass is 9.96. The van der Waals surface area contributed by atoms with Gasteiger partial charge in [-0.2, -0.15) is 0 Å². The highest BCUT2D eigenvalue weighted by molar-refractivity contribution is 5.94. The molecule has 22 heavy (non-hydrogen) atoms. The van der Waals surface area contributed by atoms with Gasteiger partial charge in [-0.3, -0.25) is 4.79 Å². The molecule has 1 heterocycles. The summed E-state index contributed by atoms with van der Waals surface area (Å²) in [4.78, 5) is 15.5. The Balaban J connectivity index is 1.64. The Morgan fingerprint density at radius 3 is 2.36 bits per heavy atom. The minimum absolute atomic E-state index is 0.0211. The molecular formula is C19H24N2O. The van der Waals surface area contributed by atoms with E-state index >= 15 is 0 Å². The molecule has 116 valence electrons. The van der Waals surface area contributed by atoms with Crippen LogP contribution in [0.25, 0.3) is 11.1 Å².